The Labute approximate surface area is 113 Å². The summed E-state index contributed by atoms with van der Waals surface area (Å²) in [6, 6.07) is 2.14. The molecule has 0 radical (unpaired) electrons. The lowest BCUT2D eigenvalue weighted by Gasteiger charge is -2.37. The molecule has 1 aliphatic heterocycles. The van der Waals surface area contributed by atoms with Crippen LogP contribution in [0.4, 0.5) is 0 Å². The highest BCUT2D eigenvalue weighted by atomic mass is 16.2. The Morgan fingerprint density at radius 3 is 2.32 bits per heavy atom. The summed E-state index contributed by atoms with van der Waals surface area (Å²) in [4.78, 5) is 26.5. The molecule has 1 saturated carbocycles. The molecule has 2 aliphatic rings. The van der Waals surface area contributed by atoms with Crippen LogP contribution in [0.3, 0.4) is 0 Å². The van der Waals surface area contributed by atoms with Crippen molar-refractivity contribution >= 4 is 12.3 Å². The van der Waals surface area contributed by atoms with Crippen LogP contribution < -0.4 is 5.73 Å². The van der Waals surface area contributed by atoms with E-state index in [2.05, 4.69) is 6.07 Å². The van der Waals surface area contributed by atoms with Crippen LogP contribution in [0.2, 0.25) is 0 Å². The van der Waals surface area contributed by atoms with E-state index in [-0.39, 0.29) is 11.8 Å². The third kappa shape index (κ3) is 3.04. The van der Waals surface area contributed by atoms with Gasteiger partial charge >= 0.3 is 0 Å². The average Bonchev–Trinajstić information content (AvgIpc) is 2.47. The van der Waals surface area contributed by atoms with Gasteiger partial charge in [-0.05, 0) is 25.7 Å². The van der Waals surface area contributed by atoms with Crippen LogP contribution in [0.1, 0.15) is 25.7 Å². The standard InChI is InChI=1S/C13H20N4O2/c14-9-13(15)3-1-11(2-4-13)12(19)17-7-5-16(10-18)6-8-17/h10-11H,1-8,15H2. The fourth-order valence-electron chi connectivity index (χ4n) is 2.80. The van der Waals surface area contributed by atoms with Gasteiger partial charge in [0.2, 0.25) is 12.3 Å². The number of rotatable bonds is 2. The molecule has 0 atom stereocenters. The normalized spacial score (nSPS) is 31.7. The quantitative estimate of drug-likeness (QED) is 0.693. The van der Waals surface area contributed by atoms with E-state index >= 15 is 0 Å². The number of hydrogen-bond acceptors (Lipinski definition) is 4. The van der Waals surface area contributed by atoms with E-state index in [0.29, 0.717) is 51.9 Å². The zero-order valence-corrected chi connectivity index (χ0v) is 11.0. The predicted molar refractivity (Wildman–Crippen MR) is 68.7 cm³/mol. The number of carbonyl (C=O) groups excluding carboxylic acids is 2. The van der Waals surface area contributed by atoms with Crippen molar-refractivity contribution in [3.8, 4) is 6.07 Å². The zero-order valence-electron chi connectivity index (χ0n) is 11.0. The third-order valence-corrected chi connectivity index (χ3v) is 4.22. The minimum Gasteiger partial charge on any atom is -0.342 e. The fraction of sp³-hybridized carbons (Fsp3) is 0.769. The van der Waals surface area contributed by atoms with E-state index in [9.17, 15) is 9.59 Å². The molecule has 2 fully saturated rings. The SMILES string of the molecule is N#CC1(N)CCC(C(=O)N2CCN(C=O)CC2)CC1. The van der Waals surface area contributed by atoms with Gasteiger partial charge in [-0.15, -0.1) is 0 Å². The Morgan fingerprint density at radius 2 is 1.84 bits per heavy atom. The molecule has 6 nitrogen and oxygen atoms in total. The lowest BCUT2D eigenvalue weighted by molar-refractivity contribution is -0.140. The summed E-state index contributed by atoms with van der Waals surface area (Å²) in [5.41, 5.74) is 5.16. The molecule has 19 heavy (non-hydrogen) atoms. The summed E-state index contributed by atoms with van der Waals surface area (Å²) in [6.45, 7) is 2.45. The largest absolute Gasteiger partial charge is 0.342 e. The third-order valence-electron chi connectivity index (χ3n) is 4.22. The smallest absolute Gasteiger partial charge is 0.225 e. The Balaban J connectivity index is 1.85. The molecule has 1 aliphatic carbocycles. The maximum atomic E-state index is 12.3. The van der Waals surface area contributed by atoms with Crippen molar-refractivity contribution in [1.29, 1.82) is 5.26 Å². The molecule has 0 unspecified atom stereocenters. The second-order valence-electron chi connectivity index (χ2n) is 5.51. The number of piperazine rings is 1. The molecule has 2 amide bonds. The van der Waals surface area contributed by atoms with Gasteiger partial charge in [0.25, 0.3) is 0 Å². The maximum Gasteiger partial charge on any atom is 0.225 e. The highest BCUT2D eigenvalue weighted by Gasteiger charge is 2.36. The van der Waals surface area contributed by atoms with Crippen molar-refractivity contribution in [1.82, 2.24) is 9.80 Å². The van der Waals surface area contributed by atoms with E-state index in [4.69, 9.17) is 11.0 Å². The number of hydrogen-bond donors (Lipinski definition) is 1. The first kappa shape index (κ1) is 13.8. The fourth-order valence-corrected chi connectivity index (χ4v) is 2.80. The summed E-state index contributed by atoms with van der Waals surface area (Å²) < 4.78 is 0. The molecule has 2 rings (SSSR count). The minimum absolute atomic E-state index is 0.00666. The first-order valence-electron chi connectivity index (χ1n) is 6.76. The van der Waals surface area contributed by atoms with Crippen LogP contribution in [0, 0.1) is 17.2 Å². The lowest BCUT2D eigenvalue weighted by Crippen LogP contribution is -2.51. The predicted octanol–water partition coefficient (Wildman–Crippen LogP) is -0.302. The molecular formula is C13H20N4O2. The van der Waals surface area contributed by atoms with Gasteiger partial charge < -0.3 is 15.5 Å². The Kier molecular flexibility index (Phi) is 4.05. The van der Waals surface area contributed by atoms with E-state index in [1.54, 1.807) is 4.90 Å². The molecule has 0 aromatic carbocycles. The van der Waals surface area contributed by atoms with Crippen LogP contribution in [0.5, 0.6) is 0 Å². The van der Waals surface area contributed by atoms with Gasteiger partial charge in [-0.25, -0.2) is 0 Å². The summed E-state index contributed by atoms with van der Waals surface area (Å²) in [7, 11) is 0. The second kappa shape index (κ2) is 5.57. The molecule has 0 aromatic rings. The summed E-state index contributed by atoms with van der Waals surface area (Å²) in [6.07, 6.45) is 3.40. The van der Waals surface area contributed by atoms with Crippen molar-refractivity contribution in [2.24, 2.45) is 11.7 Å². The van der Waals surface area contributed by atoms with E-state index in [1.165, 1.54) is 0 Å². The first-order chi connectivity index (χ1) is 9.08. The van der Waals surface area contributed by atoms with Gasteiger partial charge in [0, 0.05) is 32.1 Å². The van der Waals surface area contributed by atoms with Crippen molar-refractivity contribution in [2.45, 2.75) is 31.2 Å². The number of nitriles is 1. The zero-order chi connectivity index (χ0) is 13.9. The summed E-state index contributed by atoms with van der Waals surface area (Å²) in [5.74, 6) is 0.151. The molecule has 0 spiro atoms. The van der Waals surface area contributed by atoms with Crippen LogP contribution in [0.15, 0.2) is 0 Å². The summed E-state index contributed by atoms with van der Waals surface area (Å²) >= 11 is 0. The molecule has 2 N–H and O–H groups in total. The van der Waals surface area contributed by atoms with Gasteiger partial charge in [0.15, 0.2) is 0 Å². The maximum absolute atomic E-state index is 12.3. The number of amides is 2. The molecular weight excluding hydrogens is 244 g/mol. The molecule has 0 bridgehead atoms. The van der Waals surface area contributed by atoms with E-state index < -0.39 is 5.54 Å². The molecule has 104 valence electrons. The van der Waals surface area contributed by atoms with Crippen molar-refractivity contribution in [3.63, 3.8) is 0 Å². The van der Waals surface area contributed by atoms with Crippen LogP contribution in [-0.2, 0) is 9.59 Å². The topological polar surface area (TPSA) is 90.4 Å². The molecule has 1 heterocycles. The van der Waals surface area contributed by atoms with Crippen LogP contribution in [0.25, 0.3) is 0 Å². The lowest BCUT2D eigenvalue weighted by atomic mass is 9.77. The number of carbonyl (C=O) groups is 2. The Morgan fingerprint density at radius 1 is 1.26 bits per heavy atom. The molecule has 1 saturated heterocycles. The van der Waals surface area contributed by atoms with Crippen LogP contribution >= 0.6 is 0 Å². The van der Waals surface area contributed by atoms with Crippen molar-refractivity contribution in [2.75, 3.05) is 26.2 Å². The van der Waals surface area contributed by atoms with Gasteiger partial charge in [0.05, 0.1) is 6.07 Å². The highest BCUT2D eigenvalue weighted by molar-refractivity contribution is 5.79. The van der Waals surface area contributed by atoms with Crippen molar-refractivity contribution in [3.05, 3.63) is 0 Å². The van der Waals surface area contributed by atoms with Crippen LogP contribution in [-0.4, -0.2) is 53.8 Å². The van der Waals surface area contributed by atoms with Crippen molar-refractivity contribution < 1.29 is 9.59 Å². The Bertz CT molecular complexity index is 388. The Hall–Kier alpha value is -1.61. The highest BCUT2D eigenvalue weighted by Crippen LogP contribution is 2.31. The average molecular weight is 264 g/mol. The number of nitrogens with two attached hydrogens (primary N) is 1. The summed E-state index contributed by atoms with van der Waals surface area (Å²) in [5, 5.41) is 8.97. The molecule has 0 aromatic heterocycles. The second-order valence-corrected chi connectivity index (χ2v) is 5.51. The van der Waals surface area contributed by atoms with Gasteiger partial charge in [-0.1, -0.05) is 0 Å². The van der Waals surface area contributed by atoms with Gasteiger partial charge in [-0.3, -0.25) is 9.59 Å². The minimum atomic E-state index is -0.743. The number of nitrogens with zero attached hydrogens (tertiary/aromatic N) is 3. The van der Waals surface area contributed by atoms with E-state index in [1.807, 2.05) is 4.90 Å². The van der Waals surface area contributed by atoms with Gasteiger partial charge in [-0.2, -0.15) is 5.26 Å². The monoisotopic (exact) mass is 264 g/mol. The van der Waals surface area contributed by atoms with E-state index in [0.717, 1.165) is 6.41 Å². The molecule has 6 heteroatoms. The van der Waals surface area contributed by atoms with Gasteiger partial charge in [0.1, 0.15) is 5.54 Å². The first-order valence-corrected chi connectivity index (χ1v) is 6.76.